The molecule has 0 bridgehead atoms. The summed E-state index contributed by atoms with van der Waals surface area (Å²) in [4.78, 5) is 22.0. The van der Waals surface area contributed by atoms with E-state index in [1.807, 2.05) is 19.1 Å². The minimum absolute atomic E-state index is 0.383. The molecule has 1 fully saturated rings. The van der Waals surface area contributed by atoms with Crippen LogP contribution in [0.2, 0.25) is 0 Å². The largest absolute Gasteiger partial charge is 0.495 e. The predicted octanol–water partition coefficient (Wildman–Crippen LogP) is 3.06. The molecule has 3 aromatic heterocycles. The van der Waals surface area contributed by atoms with Crippen LogP contribution in [-0.2, 0) is 5.60 Å². The summed E-state index contributed by atoms with van der Waals surface area (Å²) in [6.07, 6.45) is 7.63. The maximum atomic E-state index is 10.1. The molecule has 0 aromatic carbocycles. The summed E-state index contributed by atoms with van der Waals surface area (Å²) in [6, 6.07) is 3.93. The topological polar surface area (TPSA) is 103 Å². The van der Waals surface area contributed by atoms with Crippen LogP contribution in [-0.4, -0.2) is 43.7 Å². The van der Waals surface area contributed by atoms with Crippen molar-refractivity contribution < 1.29 is 14.6 Å². The van der Waals surface area contributed by atoms with Gasteiger partial charge in [-0.3, -0.25) is 15.0 Å². The second-order valence-electron chi connectivity index (χ2n) is 8.02. The van der Waals surface area contributed by atoms with Gasteiger partial charge in [0, 0.05) is 23.7 Å². The minimum Gasteiger partial charge on any atom is -0.495 e. The molecule has 8 heteroatoms. The van der Waals surface area contributed by atoms with E-state index in [1.54, 1.807) is 45.7 Å². The number of aromatic nitrogens is 5. The summed E-state index contributed by atoms with van der Waals surface area (Å²) in [5.74, 6) is 2.64. The lowest BCUT2D eigenvalue weighted by Crippen LogP contribution is -2.17. The van der Waals surface area contributed by atoms with Gasteiger partial charge in [-0.1, -0.05) is 0 Å². The SMILES string of the molecule is COc1ccc(C2CC2COc2nc(C)ncc2-c2cnc(C(C)(C)O)cn2)nc1. The minimum atomic E-state index is -1.05. The predicted molar refractivity (Wildman–Crippen MR) is 110 cm³/mol. The van der Waals surface area contributed by atoms with Gasteiger partial charge in [-0.25, -0.2) is 4.98 Å². The van der Waals surface area contributed by atoms with Crippen molar-refractivity contribution in [1.29, 1.82) is 0 Å². The van der Waals surface area contributed by atoms with Crippen LogP contribution in [0.25, 0.3) is 11.3 Å². The number of hydrogen-bond donors (Lipinski definition) is 1. The van der Waals surface area contributed by atoms with Crippen molar-refractivity contribution in [2.75, 3.05) is 13.7 Å². The Balaban J connectivity index is 1.46. The fraction of sp³-hybridized carbons (Fsp3) is 0.409. The molecule has 3 aromatic rings. The molecule has 1 N–H and O–H groups in total. The Labute approximate surface area is 175 Å². The first kappa shape index (κ1) is 20.2. The van der Waals surface area contributed by atoms with Crippen LogP contribution in [0.5, 0.6) is 11.6 Å². The van der Waals surface area contributed by atoms with E-state index < -0.39 is 5.60 Å². The quantitative estimate of drug-likeness (QED) is 0.637. The smallest absolute Gasteiger partial charge is 0.226 e. The van der Waals surface area contributed by atoms with Crippen molar-refractivity contribution in [1.82, 2.24) is 24.9 Å². The van der Waals surface area contributed by atoms with Crippen molar-refractivity contribution in [3.8, 4) is 22.9 Å². The molecule has 1 aliphatic carbocycles. The molecule has 3 heterocycles. The first-order valence-corrected chi connectivity index (χ1v) is 9.87. The van der Waals surface area contributed by atoms with E-state index in [0.717, 1.165) is 17.9 Å². The van der Waals surface area contributed by atoms with Crippen LogP contribution >= 0.6 is 0 Å². The van der Waals surface area contributed by atoms with Crippen molar-refractivity contribution in [3.63, 3.8) is 0 Å². The molecule has 4 rings (SSSR count). The van der Waals surface area contributed by atoms with Gasteiger partial charge in [0.2, 0.25) is 5.88 Å². The maximum absolute atomic E-state index is 10.1. The zero-order valence-corrected chi connectivity index (χ0v) is 17.5. The number of pyridine rings is 1. The Morgan fingerprint density at radius 1 is 1.07 bits per heavy atom. The Hall–Kier alpha value is -3.13. The number of ether oxygens (including phenoxy) is 2. The molecule has 0 amide bonds. The zero-order valence-electron chi connectivity index (χ0n) is 17.5. The Bertz CT molecular complexity index is 1020. The highest BCUT2D eigenvalue weighted by molar-refractivity contribution is 5.63. The fourth-order valence-corrected chi connectivity index (χ4v) is 3.23. The molecule has 2 atom stereocenters. The van der Waals surface area contributed by atoms with Crippen LogP contribution in [0, 0.1) is 12.8 Å². The van der Waals surface area contributed by atoms with Gasteiger partial charge in [-0.15, -0.1) is 0 Å². The number of aliphatic hydroxyl groups is 1. The maximum Gasteiger partial charge on any atom is 0.226 e. The van der Waals surface area contributed by atoms with Crippen LogP contribution in [0.3, 0.4) is 0 Å². The molecule has 30 heavy (non-hydrogen) atoms. The van der Waals surface area contributed by atoms with Gasteiger partial charge in [-0.05, 0) is 39.3 Å². The van der Waals surface area contributed by atoms with Crippen LogP contribution < -0.4 is 9.47 Å². The number of rotatable bonds is 7. The normalized spacial score (nSPS) is 18.2. The van der Waals surface area contributed by atoms with Crippen molar-refractivity contribution in [2.45, 2.75) is 38.7 Å². The van der Waals surface area contributed by atoms with Crippen molar-refractivity contribution >= 4 is 0 Å². The Morgan fingerprint density at radius 3 is 2.53 bits per heavy atom. The molecule has 0 radical (unpaired) electrons. The number of aryl methyl sites for hydroxylation is 1. The average Bonchev–Trinajstić information content (AvgIpc) is 3.51. The van der Waals surface area contributed by atoms with E-state index in [-0.39, 0.29) is 0 Å². The van der Waals surface area contributed by atoms with Gasteiger partial charge in [0.1, 0.15) is 17.2 Å². The lowest BCUT2D eigenvalue weighted by atomic mass is 10.1. The first-order chi connectivity index (χ1) is 14.3. The van der Waals surface area contributed by atoms with Gasteiger partial charge >= 0.3 is 0 Å². The van der Waals surface area contributed by atoms with Gasteiger partial charge in [0.25, 0.3) is 0 Å². The summed E-state index contributed by atoms with van der Waals surface area (Å²) in [6.45, 7) is 5.70. The Morgan fingerprint density at radius 2 is 1.90 bits per heavy atom. The lowest BCUT2D eigenvalue weighted by molar-refractivity contribution is 0.0734. The van der Waals surface area contributed by atoms with Crippen LogP contribution in [0.1, 0.15) is 43.4 Å². The molecular formula is C22H25N5O3. The third kappa shape index (κ3) is 4.38. The third-order valence-corrected chi connectivity index (χ3v) is 5.16. The highest BCUT2D eigenvalue weighted by Crippen LogP contribution is 2.47. The number of nitrogens with zero attached hydrogens (tertiary/aromatic N) is 5. The van der Waals surface area contributed by atoms with Crippen molar-refractivity contribution in [3.05, 3.63) is 54.1 Å². The zero-order chi connectivity index (χ0) is 21.3. The van der Waals surface area contributed by atoms with E-state index in [1.165, 1.54) is 0 Å². The van der Waals surface area contributed by atoms with Gasteiger partial charge in [0.15, 0.2) is 0 Å². The van der Waals surface area contributed by atoms with Crippen LogP contribution in [0.15, 0.2) is 36.9 Å². The van der Waals surface area contributed by atoms with Crippen LogP contribution in [0.4, 0.5) is 0 Å². The van der Waals surface area contributed by atoms with E-state index in [9.17, 15) is 5.11 Å². The second kappa shape index (κ2) is 7.95. The van der Waals surface area contributed by atoms with E-state index in [2.05, 4.69) is 24.9 Å². The molecule has 0 aliphatic heterocycles. The monoisotopic (exact) mass is 407 g/mol. The Kier molecular flexibility index (Phi) is 5.34. The summed E-state index contributed by atoms with van der Waals surface area (Å²) in [5, 5.41) is 10.1. The molecular weight excluding hydrogens is 382 g/mol. The summed E-state index contributed by atoms with van der Waals surface area (Å²) in [7, 11) is 1.63. The van der Waals surface area contributed by atoms with Gasteiger partial charge in [0.05, 0.1) is 49.3 Å². The molecule has 1 saturated carbocycles. The lowest BCUT2D eigenvalue weighted by Gasteiger charge is -2.16. The molecule has 0 saturated heterocycles. The third-order valence-electron chi connectivity index (χ3n) is 5.16. The second-order valence-corrected chi connectivity index (χ2v) is 8.02. The van der Waals surface area contributed by atoms with E-state index in [4.69, 9.17) is 9.47 Å². The van der Waals surface area contributed by atoms with Gasteiger partial charge in [-0.2, -0.15) is 4.98 Å². The highest BCUT2D eigenvalue weighted by Gasteiger charge is 2.40. The number of methoxy groups -OCH3 is 1. The fourth-order valence-electron chi connectivity index (χ4n) is 3.23. The van der Waals surface area contributed by atoms with E-state index in [0.29, 0.717) is 47.1 Å². The highest BCUT2D eigenvalue weighted by atomic mass is 16.5. The molecule has 8 nitrogen and oxygen atoms in total. The van der Waals surface area contributed by atoms with E-state index >= 15 is 0 Å². The molecule has 1 aliphatic rings. The molecule has 156 valence electrons. The summed E-state index contributed by atoms with van der Waals surface area (Å²) >= 11 is 0. The number of hydrogen-bond acceptors (Lipinski definition) is 8. The molecule has 2 unspecified atom stereocenters. The first-order valence-electron chi connectivity index (χ1n) is 9.87. The summed E-state index contributed by atoms with van der Waals surface area (Å²) < 4.78 is 11.2. The average molecular weight is 407 g/mol. The molecule has 0 spiro atoms. The van der Waals surface area contributed by atoms with Crippen molar-refractivity contribution in [2.24, 2.45) is 5.92 Å². The summed E-state index contributed by atoms with van der Waals surface area (Å²) in [5.41, 5.74) is 1.77. The standard InChI is InChI=1S/C22H25N5O3/c1-13-23-9-17(19-10-26-20(11-25-19)22(2,3)28)21(27-13)30-12-14-7-16(14)18-6-5-15(29-4)8-24-18/h5-6,8-11,14,16,28H,7,12H2,1-4H3. The van der Waals surface area contributed by atoms with Gasteiger partial charge < -0.3 is 14.6 Å².